The SMILES string of the molecule is O=C(O)CCC(=O)N1CCC2NC(=O)N(Cc3ccccc3)C(=O)C21. The molecule has 2 atom stereocenters. The molecule has 8 nitrogen and oxygen atoms in total. The number of hydrogen-bond donors (Lipinski definition) is 2. The lowest BCUT2D eigenvalue weighted by atomic mass is 10.0. The van der Waals surface area contributed by atoms with Gasteiger partial charge < -0.3 is 15.3 Å². The normalized spacial score (nSPS) is 22.6. The van der Waals surface area contributed by atoms with Gasteiger partial charge in [-0.3, -0.25) is 19.3 Å². The number of fused-ring (bicyclic) bond motifs is 1. The number of carbonyl (C=O) groups excluding carboxylic acids is 3. The summed E-state index contributed by atoms with van der Waals surface area (Å²) in [6.07, 6.45) is 0.0552. The van der Waals surface area contributed by atoms with E-state index < -0.39 is 30.0 Å². The quantitative estimate of drug-likeness (QED) is 0.811. The molecule has 0 saturated carbocycles. The second-order valence-electron chi connectivity index (χ2n) is 6.18. The second kappa shape index (κ2) is 6.92. The molecule has 4 amide bonds. The largest absolute Gasteiger partial charge is 0.481 e. The van der Waals surface area contributed by atoms with Crippen molar-refractivity contribution in [1.82, 2.24) is 15.1 Å². The van der Waals surface area contributed by atoms with Gasteiger partial charge in [0.2, 0.25) is 5.91 Å². The van der Waals surface area contributed by atoms with E-state index in [1.54, 1.807) is 0 Å². The summed E-state index contributed by atoms with van der Waals surface area (Å²) >= 11 is 0. The summed E-state index contributed by atoms with van der Waals surface area (Å²) in [5.41, 5.74) is 0.811. The number of benzene rings is 1. The van der Waals surface area contributed by atoms with Crippen molar-refractivity contribution in [3.8, 4) is 0 Å². The van der Waals surface area contributed by atoms with Crippen molar-refractivity contribution >= 4 is 23.8 Å². The van der Waals surface area contributed by atoms with Crippen LogP contribution in [0.3, 0.4) is 0 Å². The van der Waals surface area contributed by atoms with Gasteiger partial charge in [-0.25, -0.2) is 4.79 Å². The number of carbonyl (C=O) groups is 4. The first-order valence-corrected chi connectivity index (χ1v) is 8.14. The monoisotopic (exact) mass is 345 g/mol. The summed E-state index contributed by atoms with van der Waals surface area (Å²) < 4.78 is 0. The van der Waals surface area contributed by atoms with Crippen LogP contribution in [0.5, 0.6) is 0 Å². The lowest BCUT2D eigenvalue weighted by molar-refractivity contribution is -0.145. The van der Waals surface area contributed by atoms with E-state index in [2.05, 4.69) is 5.32 Å². The fraction of sp³-hybridized carbons (Fsp3) is 0.412. The van der Waals surface area contributed by atoms with Crippen LogP contribution >= 0.6 is 0 Å². The van der Waals surface area contributed by atoms with Crippen LogP contribution in [0.4, 0.5) is 4.79 Å². The lowest BCUT2D eigenvalue weighted by Gasteiger charge is -2.37. The molecule has 132 valence electrons. The zero-order valence-electron chi connectivity index (χ0n) is 13.6. The van der Waals surface area contributed by atoms with Gasteiger partial charge in [0.1, 0.15) is 6.04 Å². The Morgan fingerprint density at radius 3 is 2.56 bits per heavy atom. The van der Waals surface area contributed by atoms with E-state index in [1.165, 1.54) is 4.90 Å². The molecule has 0 bridgehead atoms. The fourth-order valence-electron chi connectivity index (χ4n) is 3.30. The third-order valence-corrected chi connectivity index (χ3v) is 4.53. The van der Waals surface area contributed by atoms with E-state index in [0.29, 0.717) is 13.0 Å². The van der Waals surface area contributed by atoms with Gasteiger partial charge >= 0.3 is 12.0 Å². The van der Waals surface area contributed by atoms with E-state index in [4.69, 9.17) is 5.11 Å². The Hall–Kier alpha value is -2.90. The van der Waals surface area contributed by atoms with E-state index in [0.717, 1.165) is 10.5 Å². The lowest BCUT2D eigenvalue weighted by Crippen LogP contribution is -2.64. The third-order valence-electron chi connectivity index (χ3n) is 4.53. The molecule has 3 rings (SSSR count). The number of hydrogen-bond acceptors (Lipinski definition) is 4. The average Bonchev–Trinajstić information content (AvgIpc) is 3.01. The molecule has 0 aromatic heterocycles. The Bertz CT molecular complexity index is 705. The Morgan fingerprint density at radius 1 is 1.16 bits per heavy atom. The van der Waals surface area contributed by atoms with Gasteiger partial charge in [0, 0.05) is 13.0 Å². The van der Waals surface area contributed by atoms with Crippen molar-refractivity contribution in [1.29, 1.82) is 0 Å². The molecule has 1 aromatic rings. The van der Waals surface area contributed by atoms with Crippen LogP contribution in [0.15, 0.2) is 30.3 Å². The minimum atomic E-state index is -1.06. The highest BCUT2D eigenvalue weighted by Gasteiger charge is 2.49. The molecular weight excluding hydrogens is 326 g/mol. The van der Waals surface area contributed by atoms with Gasteiger partial charge in [-0.1, -0.05) is 30.3 Å². The van der Waals surface area contributed by atoms with Gasteiger partial charge in [0.05, 0.1) is 19.0 Å². The van der Waals surface area contributed by atoms with E-state index in [9.17, 15) is 19.2 Å². The van der Waals surface area contributed by atoms with Crippen LogP contribution in [-0.2, 0) is 20.9 Å². The molecular formula is C17H19N3O5. The van der Waals surface area contributed by atoms with Crippen LogP contribution in [0.1, 0.15) is 24.8 Å². The summed E-state index contributed by atoms with van der Waals surface area (Å²) in [5.74, 6) is -1.85. The van der Waals surface area contributed by atoms with Crippen molar-refractivity contribution in [3.63, 3.8) is 0 Å². The standard InChI is InChI=1S/C17H19N3O5/c21-13(6-7-14(22)23)19-9-8-12-15(19)16(24)20(17(25)18-12)10-11-4-2-1-3-5-11/h1-5,12,15H,6-10H2,(H,18,25)(H,22,23). The maximum atomic E-state index is 12.8. The third kappa shape index (κ3) is 3.47. The first kappa shape index (κ1) is 16.9. The molecule has 2 unspecified atom stereocenters. The van der Waals surface area contributed by atoms with Crippen molar-refractivity contribution in [2.24, 2.45) is 0 Å². The second-order valence-corrected chi connectivity index (χ2v) is 6.18. The Balaban J connectivity index is 1.75. The number of imide groups is 1. The maximum Gasteiger partial charge on any atom is 0.324 e. The van der Waals surface area contributed by atoms with E-state index in [-0.39, 0.29) is 25.3 Å². The highest BCUT2D eigenvalue weighted by molar-refractivity contribution is 6.02. The predicted molar refractivity (Wildman–Crippen MR) is 86.3 cm³/mol. The Morgan fingerprint density at radius 2 is 1.88 bits per heavy atom. The summed E-state index contributed by atoms with van der Waals surface area (Å²) in [6.45, 7) is 0.463. The predicted octanol–water partition coefficient (Wildman–Crippen LogP) is 0.573. The van der Waals surface area contributed by atoms with Crippen LogP contribution in [0.2, 0.25) is 0 Å². The number of carboxylic acid groups (broad SMARTS) is 1. The van der Waals surface area contributed by atoms with Crippen molar-refractivity contribution < 1.29 is 24.3 Å². The number of nitrogens with zero attached hydrogens (tertiary/aromatic N) is 2. The highest BCUT2D eigenvalue weighted by atomic mass is 16.4. The van der Waals surface area contributed by atoms with Crippen LogP contribution in [0, 0.1) is 0 Å². The summed E-state index contributed by atoms with van der Waals surface area (Å²) in [5, 5.41) is 11.5. The molecule has 0 spiro atoms. The summed E-state index contributed by atoms with van der Waals surface area (Å²) in [4.78, 5) is 50.5. The van der Waals surface area contributed by atoms with Crippen molar-refractivity contribution in [3.05, 3.63) is 35.9 Å². The number of nitrogens with one attached hydrogen (secondary N) is 1. The molecule has 1 aromatic carbocycles. The maximum absolute atomic E-state index is 12.8. The molecule has 2 aliphatic rings. The summed E-state index contributed by atoms with van der Waals surface area (Å²) in [6, 6.07) is 7.48. The van der Waals surface area contributed by atoms with Crippen molar-refractivity contribution in [2.75, 3.05) is 6.54 Å². The molecule has 25 heavy (non-hydrogen) atoms. The minimum absolute atomic E-state index is 0.131. The molecule has 0 aliphatic carbocycles. The molecule has 8 heteroatoms. The van der Waals surface area contributed by atoms with Gasteiger partial charge in [0.25, 0.3) is 5.91 Å². The molecule has 2 N–H and O–H groups in total. The molecule has 2 heterocycles. The zero-order chi connectivity index (χ0) is 18.0. The number of likely N-dealkylation sites (tertiary alicyclic amines) is 1. The molecule has 2 fully saturated rings. The smallest absolute Gasteiger partial charge is 0.324 e. The fourth-order valence-corrected chi connectivity index (χ4v) is 3.30. The van der Waals surface area contributed by atoms with Gasteiger partial charge in [-0.15, -0.1) is 0 Å². The number of urea groups is 1. The van der Waals surface area contributed by atoms with Gasteiger partial charge in [-0.05, 0) is 12.0 Å². The van der Waals surface area contributed by atoms with E-state index >= 15 is 0 Å². The summed E-state index contributed by atoms with van der Waals surface area (Å²) in [7, 11) is 0. The number of aliphatic carboxylic acids is 1. The van der Waals surface area contributed by atoms with Gasteiger partial charge in [-0.2, -0.15) is 0 Å². The zero-order valence-corrected chi connectivity index (χ0v) is 13.6. The van der Waals surface area contributed by atoms with Crippen LogP contribution in [-0.4, -0.2) is 57.3 Å². The van der Waals surface area contributed by atoms with Gasteiger partial charge in [0.15, 0.2) is 0 Å². The topological polar surface area (TPSA) is 107 Å². The Labute approximate surface area is 144 Å². The van der Waals surface area contributed by atoms with Crippen LogP contribution in [0.25, 0.3) is 0 Å². The minimum Gasteiger partial charge on any atom is -0.481 e. The molecule has 0 radical (unpaired) electrons. The highest BCUT2D eigenvalue weighted by Crippen LogP contribution is 2.26. The Kier molecular flexibility index (Phi) is 4.69. The molecule has 2 aliphatic heterocycles. The molecule has 2 saturated heterocycles. The van der Waals surface area contributed by atoms with E-state index in [1.807, 2.05) is 30.3 Å². The first-order valence-electron chi connectivity index (χ1n) is 8.14. The van der Waals surface area contributed by atoms with Crippen LogP contribution < -0.4 is 5.32 Å². The van der Waals surface area contributed by atoms with Crippen molar-refractivity contribution in [2.45, 2.75) is 37.9 Å². The number of carboxylic acids is 1. The first-order chi connectivity index (χ1) is 12.0. The number of rotatable bonds is 5. The number of amides is 4. The average molecular weight is 345 g/mol.